The molecule has 78 valence electrons. The van der Waals surface area contributed by atoms with Crippen LogP contribution in [0.2, 0.25) is 0 Å². The highest BCUT2D eigenvalue weighted by Crippen LogP contribution is 2.10. The zero-order chi connectivity index (χ0) is 10.4. The van der Waals surface area contributed by atoms with Crippen molar-refractivity contribution < 1.29 is 5.21 Å². The SMILES string of the molecule is CCC(CC)N(O)Cc1ccccc1. The largest absolute Gasteiger partial charge is 0.313 e. The highest BCUT2D eigenvalue weighted by Gasteiger charge is 2.11. The summed E-state index contributed by atoms with van der Waals surface area (Å²) in [5.41, 5.74) is 1.15. The Bertz CT molecular complexity index is 244. The Labute approximate surface area is 86.1 Å². The Morgan fingerprint density at radius 3 is 2.21 bits per heavy atom. The van der Waals surface area contributed by atoms with E-state index in [1.54, 1.807) is 0 Å². The second-order valence-electron chi connectivity index (χ2n) is 3.55. The van der Waals surface area contributed by atoms with E-state index in [-0.39, 0.29) is 6.04 Å². The molecule has 0 saturated carbocycles. The number of hydrogen-bond acceptors (Lipinski definition) is 2. The highest BCUT2D eigenvalue weighted by atomic mass is 16.5. The summed E-state index contributed by atoms with van der Waals surface area (Å²) in [6.07, 6.45) is 1.97. The molecule has 14 heavy (non-hydrogen) atoms. The van der Waals surface area contributed by atoms with Crippen LogP contribution in [0.3, 0.4) is 0 Å². The zero-order valence-electron chi connectivity index (χ0n) is 8.98. The van der Waals surface area contributed by atoms with Gasteiger partial charge in [-0.25, -0.2) is 0 Å². The smallest absolute Gasteiger partial charge is 0.0491 e. The maximum Gasteiger partial charge on any atom is 0.0491 e. The lowest BCUT2D eigenvalue weighted by Crippen LogP contribution is -2.30. The third-order valence-electron chi connectivity index (χ3n) is 2.55. The molecule has 0 saturated heterocycles. The van der Waals surface area contributed by atoms with Gasteiger partial charge in [0.05, 0.1) is 0 Å². The summed E-state index contributed by atoms with van der Waals surface area (Å²) in [5.74, 6) is 0. The first-order valence-electron chi connectivity index (χ1n) is 5.27. The van der Waals surface area contributed by atoms with Crippen molar-refractivity contribution in [1.82, 2.24) is 5.06 Å². The lowest BCUT2D eigenvalue weighted by Gasteiger charge is -2.23. The van der Waals surface area contributed by atoms with Crippen LogP contribution in [-0.4, -0.2) is 16.3 Å². The molecule has 2 nitrogen and oxygen atoms in total. The standard InChI is InChI=1S/C12H19NO/c1-3-12(4-2)13(14)10-11-8-6-5-7-9-11/h5-9,12,14H,3-4,10H2,1-2H3. The van der Waals surface area contributed by atoms with Gasteiger partial charge in [0.15, 0.2) is 0 Å². The van der Waals surface area contributed by atoms with Crippen molar-refractivity contribution >= 4 is 0 Å². The van der Waals surface area contributed by atoms with Crippen LogP contribution < -0.4 is 0 Å². The highest BCUT2D eigenvalue weighted by molar-refractivity contribution is 5.14. The molecular weight excluding hydrogens is 174 g/mol. The summed E-state index contributed by atoms with van der Waals surface area (Å²) in [4.78, 5) is 0. The predicted molar refractivity (Wildman–Crippen MR) is 58.1 cm³/mol. The number of hydroxylamine groups is 2. The summed E-state index contributed by atoms with van der Waals surface area (Å²) in [7, 11) is 0. The lowest BCUT2D eigenvalue weighted by molar-refractivity contribution is -0.136. The minimum Gasteiger partial charge on any atom is -0.313 e. The number of rotatable bonds is 5. The maximum atomic E-state index is 9.80. The predicted octanol–water partition coefficient (Wildman–Crippen LogP) is 3.07. The van der Waals surface area contributed by atoms with Crippen LogP contribution in [-0.2, 0) is 6.54 Å². The first-order valence-corrected chi connectivity index (χ1v) is 5.27. The van der Waals surface area contributed by atoms with Crippen LogP contribution in [0.1, 0.15) is 32.3 Å². The van der Waals surface area contributed by atoms with Crippen LogP contribution in [0.25, 0.3) is 0 Å². The number of hydrogen-bond donors (Lipinski definition) is 1. The van der Waals surface area contributed by atoms with Crippen LogP contribution in [0.4, 0.5) is 0 Å². The molecule has 0 aromatic heterocycles. The van der Waals surface area contributed by atoms with Crippen LogP contribution in [0, 0.1) is 0 Å². The third kappa shape index (κ3) is 3.13. The van der Waals surface area contributed by atoms with Gasteiger partial charge in [0.25, 0.3) is 0 Å². The Kier molecular flexibility index (Phi) is 4.63. The van der Waals surface area contributed by atoms with Gasteiger partial charge in [0.1, 0.15) is 0 Å². The van der Waals surface area contributed by atoms with Crippen LogP contribution >= 0.6 is 0 Å². The van der Waals surface area contributed by atoms with Gasteiger partial charge in [-0.2, -0.15) is 5.06 Å². The van der Waals surface area contributed by atoms with Crippen molar-refractivity contribution in [3.05, 3.63) is 35.9 Å². The summed E-state index contributed by atoms with van der Waals surface area (Å²) in [5, 5.41) is 11.2. The monoisotopic (exact) mass is 193 g/mol. The van der Waals surface area contributed by atoms with E-state index < -0.39 is 0 Å². The Balaban J connectivity index is 2.52. The van der Waals surface area contributed by atoms with Crippen molar-refractivity contribution in [1.29, 1.82) is 0 Å². The van der Waals surface area contributed by atoms with Gasteiger partial charge >= 0.3 is 0 Å². The summed E-state index contributed by atoms with van der Waals surface area (Å²) < 4.78 is 0. The molecule has 0 spiro atoms. The molecule has 0 fully saturated rings. The molecule has 1 aromatic carbocycles. The van der Waals surface area contributed by atoms with Gasteiger partial charge in [-0.3, -0.25) is 0 Å². The molecule has 0 radical (unpaired) electrons. The lowest BCUT2D eigenvalue weighted by atomic mass is 10.1. The van der Waals surface area contributed by atoms with E-state index in [1.165, 1.54) is 5.06 Å². The van der Waals surface area contributed by atoms with Crippen molar-refractivity contribution in [3.8, 4) is 0 Å². The van der Waals surface area contributed by atoms with Gasteiger partial charge in [-0.15, -0.1) is 0 Å². The van der Waals surface area contributed by atoms with Gasteiger partial charge < -0.3 is 5.21 Å². The summed E-state index contributed by atoms with van der Waals surface area (Å²) >= 11 is 0. The Morgan fingerprint density at radius 2 is 1.71 bits per heavy atom. The van der Waals surface area contributed by atoms with Gasteiger partial charge in [-0.1, -0.05) is 44.2 Å². The molecule has 1 aromatic rings. The average Bonchev–Trinajstić information content (AvgIpc) is 2.21. The van der Waals surface area contributed by atoms with E-state index >= 15 is 0 Å². The van der Waals surface area contributed by atoms with Crippen LogP contribution in [0.15, 0.2) is 30.3 Å². The second kappa shape index (κ2) is 5.78. The molecule has 0 unspecified atom stereocenters. The first-order chi connectivity index (χ1) is 6.77. The minimum atomic E-state index is 0.273. The minimum absolute atomic E-state index is 0.273. The van der Waals surface area contributed by atoms with Crippen molar-refractivity contribution in [2.75, 3.05) is 0 Å². The molecule has 0 aliphatic carbocycles. The van der Waals surface area contributed by atoms with E-state index in [4.69, 9.17) is 0 Å². The second-order valence-corrected chi connectivity index (χ2v) is 3.55. The number of nitrogens with zero attached hydrogens (tertiary/aromatic N) is 1. The molecule has 0 heterocycles. The molecule has 0 aliphatic heterocycles. The molecule has 0 amide bonds. The third-order valence-corrected chi connectivity index (χ3v) is 2.55. The molecule has 1 rings (SSSR count). The molecule has 2 heteroatoms. The van der Waals surface area contributed by atoms with Gasteiger partial charge in [-0.05, 0) is 18.4 Å². The first kappa shape index (κ1) is 11.2. The fourth-order valence-corrected chi connectivity index (χ4v) is 1.61. The quantitative estimate of drug-likeness (QED) is 0.726. The van der Waals surface area contributed by atoms with Crippen LogP contribution in [0.5, 0.6) is 0 Å². The zero-order valence-corrected chi connectivity index (χ0v) is 8.98. The summed E-state index contributed by atoms with van der Waals surface area (Å²) in [6.45, 7) is 4.82. The molecule has 0 bridgehead atoms. The van der Waals surface area contributed by atoms with Crippen molar-refractivity contribution in [3.63, 3.8) is 0 Å². The molecule has 0 aliphatic rings. The van der Waals surface area contributed by atoms with Crippen molar-refractivity contribution in [2.24, 2.45) is 0 Å². The van der Waals surface area contributed by atoms with E-state index in [1.807, 2.05) is 30.3 Å². The Hall–Kier alpha value is -0.860. The van der Waals surface area contributed by atoms with E-state index in [0.29, 0.717) is 6.54 Å². The van der Waals surface area contributed by atoms with E-state index in [0.717, 1.165) is 18.4 Å². The summed E-state index contributed by atoms with van der Waals surface area (Å²) in [6, 6.07) is 10.3. The molecule has 1 N–H and O–H groups in total. The Morgan fingerprint density at radius 1 is 1.14 bits per heavy atom. The topological polar surface area (TPSA) is 23.5 Å². The average molecular weight is 193 g/mol. The van der Waals surface area contributed by atoms with Gasteiger partial charge in [0.2, 0.25) is 0 Å². The maximum absolute atomic E-state index is 9.80. The molecule has 0 atom stereocenters. The van der Waals surface area contributed by atoms with Crippen molar-refractivity contribution in [2.45, 2.75) is 39.3 Å². The van der Waals surface area contributed by atoms with Gasteiger partial charge in [0, 0.05) is 12.6 Å². The fraction of sp³-hybridized carbons (Fsp3) is 0.500. The normalized spacial score (nSPS) is 11.2. The van der Waals surface area contributed by atoms with E-state index in [2.05, 4.69) is 13.8 Å². The fourth-order valence-electron chi connectivity index (χ4n) is 1.61. The molecular formula is C12H19NO. The van der Waals surface area contributed by atoms with E-state index in [9.17, 15) is 5.21 Å². The number of benzene rings is 1.